The standard InChI is InChI=1S/C20H30O5/c1-18(2,24)9-12-8-13(10-21)14-4-6-19(3)11-20(25,7-5-15(19)22)16(14)17(12)23/h8-10,14-17,22-25H,4-7,11H2,1-3H3/b12-9+/t14-,15+,16+,17+,19+,20-/m1/s1. The highest BCUT2D eigenvalue weighted by atomic mass is 16.3. The molecule has 2 bridgehead atoms. The predicted octanol–water partition coefficient (Wildman–Crippen LogP) is 1.49. The van der Waals surface area contributed by atoms with E-state index in [2.05, 4.69) is 0 Å². The normalized spacial score (nSPS) is 46.2. The van der Waals surface area contributed by atoms with Crippen LogP contribution in [0, 0.1) is 17.3 Å². The highest BCUT2D eigenvalue weighted by Crippen LogP contribution is 2.56. The van der Waals surface area contributed by atoms with Crippen LogP contribution in [0.15, 0.2) is 23.3 Å². The van der Waals surface area contributed by atoms with Crippen molar-refractivity contribution in [1.29, 1.82) is 0 Å². The fraction of sp³-hybridized carbons (Fsp3) is 0.750. The van der Waals surface area contributed by atoms with Crippen LogP contribution in [0.1, 0.15) is 52.9 Å². The van der Waals surface area contributed by atoms with Gasteiger partial charge in [0.25, 0.3) is 0 Å². The third-order valence-electron chi connectivity index (χ3n) is 6.54. The molecule has 0 unspecified atom stereocenters. The molecule has 140 valence electrons. The van der Waals surface area contributed by atoms with E-state index in [1.165, 1.54) is 0 Å². The number of hydrogen-bond acceptors (Lipinski definition) is 5. The molecule has 0 aromatic rings. The molecule has 0 amide bonds. The maximum absolute atomic E-state index is 11.7. The average Bonchev–Trinajstić information content (AvgIpc) is 2.59. The highest BCUT2D eigenvalue weighted by Gasteiger charge is 2.57. The van der Waals surface area contributed by atoms with E-state index < -0.39 is 34.7 Å². The second kappa shape index (κ2) is 6.02. The maximum atomic E-state index is 11.7. The first-order chi connectivity index (χ1) is 11.5. The summed E-state index contributed by atoms with van der Waals surface area (Å²) < 4.78 is 0. The summed E-state index contributed by atoms with van der Waals surface area (Å²) in [6.45, 7) is 5.22. The van der Waals surface area contributed by atoms with Gasteiger partial charge in [-0.2, -0.15) is 0 Å². The zero-order valence-corrected chi connectivity index (χ0v) is 15.3. The molecule has 0 radical (unpaired) electrons. The van der Waals surface area contributed by atoms with Crippen LogP contribution < -0.4 is 0 Å². The van der Waals surface area contributed by atoms with Crippen molar-refractivity contribution >= 4 is 6.29 Å². The number of carbonyl (C=O) groups is 1. The van der Waals surface area contributed by atoms with Gasteiger partial charge in [0, 0.05) is 5.92 Å². The number of fused-ring (bicyclic) bond motifs is 4. The molecular weight excluding hydrogens is 320 g/mol. The largest absolute Gasteiger partial charge is 0.393 e. The molecule has 3 aliphatic rings. The molecule has 0 heterocycles. The van der Waals surface area contributed by atoms with Crippen LogP contribution >= 0.6 is 0 Å². The number of allylic oxidation sites excluding steroid dienone is 1. The lowest BCUT2D eigenvalue weighted by Gasteiger charge is -2.50. The van der Waals surface area contributed by atoms with Crippen LogP contribution in [0.5, 0.6) is 0 Å². The van der Waals surface area contributed by atoms with Crippen molar-refractivity contribution in [2.45, 2.75) is 76.3 Å². The summed E-state index contributed by atoms with van der Waals surface area (Å²) in [7, 11) is 0. The fourth-order valence-electron chi connectivity index (χ4n) is 5.36. The molecule has 3 aliphatic carbocycles. The Balaban J connectivity index is 2.10. The summed E-state index contributed by atoms with van der Waals surface area (Å²) in [6.07, 6.45) is 5.29. The van der Waals surface area contributed by atoms with Crippen molar-refractivity contribution < 1.29 is 25.2 Å². The molecule has 0 spiro atoms. The summed E-state index contributed by atoms with van der Waals surface area (Å²) in [6, 6.07) is 0. The molecule has 4 N–H and O–H groups in total. The van der Waals surface area contributed by atoms with E-state index in [0.717, 1.165) is 6.29 Å². The van der Waals surface area contributed by atoms with Crippen LogP contribution in [0.4, 0.5) is 0 Å². The first-order valence-corrected chi connectivity index (χ1v) is 9.19. The first-order valence-electron chi connectivity index (χ1n) is 9.19. The van der Waals surface area contributed by atoms with E-state index in [4.69, 9.17) is 0 Å². The van der Waals surface area contributed by atoms with Crippen molar-refractivity contribution in [2.75, 3.05) is 0 Å². The molecule has 5 nitrogen and oxygen atoms in total. The van der Waals surface area contributed by atoms with Crippen LogP contribution in [-0.2, 0) is 4.79 Å². The summed E-state index contributed by atoms with van der Waals surface area (Å²) >= 11 is 0. The third-order valence-corrected chi connectivity index (χ3v) is 6.54. The van der Waals surface area contributed by atoms with E-state index in [-0.39, 0.29) is 5.92 Å². The minimum absolute atomic E-state index is 0.233. The summed E-state index contributed by atoms with van der Waals surface area (Å²) in [4.78, 5) is 11.7. The summed E-state index contributed by atoms with van der Waals surface area (Å²) in [5, 5.41) is 43.0. The minimum atomic E-state index is -1.13. The molecule has 2 fully saturated rings. The van der Waals surface area contributed by atoms with Crippen molar-refractivity contribution in [3.63, 3.8) is 0 Å². The van der Waals surface area contributed by atoms with E-state index >= 15 is 0 Å². The second-order valence-electron chi connectivity index (χ2n) is 9.16. The third kappa shape index (κ3) is 3.23. The monoisotopic (exact) mass is 350 g/mol. The zero-order chi connectivity index (χ0) is 18.6. The molecular formula is C20H30O5. The molecule has 0 aromatic carbocycles. The van der Waals surface area contributed by atoms with Crippen molar-refractivity contribution in [3.05, 3.63) is 23.3 Å². The van der Waals surface area contributed by atoms with Gasteiger partial charge in [-0.1, -0.05) is 6.92 Å². The maximum Gasteiger partial charge on any atom is 0.146 e. The number of carbonyl (C=O) groups excluding carboxylic acids is 1. The van der Waals surface area contributed by atoms with E-state index in [0.29, 0.717) is 43.3 Å². The van der Waals surface area contributed by atoms with Crippen molar-refractivity contribution in [1.82, 2.24) is 0 Å². The number of aliphatic hydroxyl groups excluding tert-OH is 2. The Morgan fingerprint density at radius 2 is 1.92 bits per heavy atom. The number of hydrogen-bond donors (Lipinski definition) is 4. The second-order valence-corrected chi connectivity index (χ2v) is 9.16. The quantitative estimate of drug-likeness (QED) is 0.566. The van der Waals surface area contributed by atoms with Gasteiger partial charge < -0.3 is 20.4 Å². The summed E-state index contributed by atoms with van der Waals surface area (Å²) in [5.41, 5.74) is -1.62. The Morgan fingerprint density at radius 1 is 1.24 bits per heavy atom. The molecule has 0 aliphatic heterocycles. The van der Waals surface area contributed by atoms with Gasteiger partial charge in [-0.3, -0.25) is 4.79 Å². The lowest BCUT2D eigenvalue weighted by atomic mass is 9.60. The zero-order valence-electron chi connectivity index (χ0n) is 15.3. The van der Waals surface area contributed by atoms with Crippen LogP contribution in [0.3, 0.4) is 0 Å². The SMILES string of the molecule is CC(C)(O)/C=C1\C=C(C=O)[C@H]2CC[C@@]3(C)C[C@](O)(CC[C@@H]3O)[C@@H]2[C@H]1O. The fourth-order valence-corrected chi connectivity index (χ4v) is 5.36. The topological polar surface area (TPSA) is 98.0 Å². The van der Waals surface area contributed by atoms with Gasteiger partial charge in [0.2, 0.25) is 0 Å². The summed E-state index contributed by atoms with van der Waals surface area (Å²) in [5.74, 6) is -0.732. The molecule has 5 heteroatoms. The van der Waals surface area contributed by atoms with Gasteiger partial charge in [-0.15, -0.1) is 0 Å². The molecule has 6 atom stereocenters. The van der Waals surface area contributed by atoms with Gasteiger partial charge >= 0.3 is 0 Å². The Morgan fingerprint density at radius 3 is 2.52 bits per heavy atom. The van der Waals surface area contributed by atoms with E-state index in [1.54, 1.807) is 26.0 Å². The van der Waals surface area contributed by atoms with Crippen LogP contribution in [0.25, 0.3) is 0 Å². The van der Waals surface area contributed by atoms with Crippen LogP contribution in [0.2, 0.25) is 0 Å². The van der Waals surface area contributed by atoms with Crippen LogP contribution in [-0.4, -0.2) is 50.1 Å². The van der Waals surface area contributed by atoms with Gasteiger partial charge in [0.15, 0.2) is 0 Å². The predicted molar refractivity (Wildman–Crippen MR) is 93.7 cm³/mol. The average molecular weight is 350 g/mol. The first kappa shape index (κ1) is 18.8. The van der Waals surface area contributed by atoms with Crippen molar-refractivity contribution in [3.8, 4) is 0 Å². The molecule has 25 heavy (non-hydrogen) atoms. The van der Waals surface area contributed by atoms with Crippen molar-refractivity contribution in [2.24, 2.45) is 17.3 Å². The lowest BCUT2D eigenvalue weighted by molar-refractivity contribution is -0.146. The Hall–Kier alpha value is -1.01. The molecule has 0 saturated heterocycles. The number of aldehydes is 1. The minimum Gasteiger partial charge on any atom is -0.393 e. The number of rotatable bonds is 2. The van der Waals surface area contributed by atoms with E-state index in [9.17, 15) is 25.2 Å². The number of aliphatic hydroxyl groups is 4. The van der Waals surface area contributed by atoms with Gasteiger partial charge in [0.05, 0.1) is 23.4 Å². The molecule has 2 saturated carbocycles. The Bertz CT molecular complexity index is 616. The van der Waals surface area contributed by atoms with E-state index in [1.807, 2.05) is 6.92 Å². The Kier molecular flexibility index (Phi) is 4.52. The molecule has 3 rings (SSSR count). The van der Waals surface area contributed by atoms with Gasteiger partial charge in [-0.25, -0.2) is 0 Å². The highest BCUT2D eigenvalue weighted by molar-refractivity contribution is 5.76. The van der Waals surface area contributed by atoms with Gasteiger partial charge in [-0.05, 0) is 80.6 Å². The lowest BCUT2D eigenvalue weighted by Crippen LogP contribution is -2.55. The van der Waals surface area contributed by atoms with Gasteiger partial charge in [0.1, 0.15) is 6.29 Å². The molecule has 0 aromatic heterocycles. The smallest absolute Gasteiger partial charge is 0.146 e. The Labute approximate surface area is 149 Å².